The van der Waals surface area contributed by atoms with Crippen LogP contribution in [0.4, 0.5) is 0 Å². The van der Waals surface area contributed by atoms with Gasteiger partial charge >= 0.3 is 0 Å². The molecule has 0 radical (unpaired) electrons. The van der Waals surface area contributed by atoms with Crippen molar-refractivity contribution in [3.63, 3.8) is 0 Å². The predicted octanol–water partition coefficient (Wildman–Crippen LogP) is 5.53. The Balaban J connectivity index is 1.49. The number of hydrogen-bond donors (Lipinski definition) is 2. The van der Waals surface area contributed by atoms with Crippen LogP contribution in [0.3, 0.4) is 0 Å². The molecule has 4 bridgehead atoms. The molecule has 4 heteroatoms. The normalized spacial score (nSPS) is 45.0. The van der Waals surface area contributed by atoms with E-state index < -0.39 is 11.2 Å². The second kappa shape index (κ2) is 6.24. The number of methoxy groups -OCH3 is 1. The summed E-state index contributed by atoms with van der Waals surface area (Å²) in [7, 11) is 1.79. The summed E-state index contributed by atoms with van der Waals surface area (Å²) in [6.45, 7) is 8.44. The smallest absolute Gasteiger partial charge is 0.165 e. The SMILES string of the molecule is CO[C@]12C=C[C@@]3(C[C@@H]1C(C)(O)C(C)(C)C)[C@H]1Cc4ccc(O)c5c4[C@@]3(CCC1CC1CC1)[C@H]2O5. The van der Waals surface area contributed by atoms with Crippen molar-refractivity contribution in [2.75, 3.05) is 7.11 Å². The van der Waals surface area contributed by atoms with Gasteiger partial charge in [-0.2, -0.15) is 0 Å². The molecule has 34 heavy (non-hydrogen) atoms. The number of phenols is 1. The zero-order chi connectivity index (χ0) is 23.9. The lowest BCUT2D eigenvalue weighted by atomic mass is 9.32. The van der Waals surface area contributed by atoms with Crippen LogP contribution in [0.2, 0.25) is 0 Å². The molecule has 184 valence electrons. The van der Waals surface area contributed by atoms with Crippen LogP contribution in [0.1, 0.15) is 77.3 Å². The van der Waals surface area contributed by atoms with Gasteiger partial charge in [0.1, 0.15) is 11.7 Å². The van der Waals surface area contributed by atoms with Crippen molar-refractivity contribution in [2.24, 2.45) is 34.5 Å². The van der Waals surface area contributed by atoms with Gasteiger partial charge in [-0.25, -0.2) is 0 Å². The van der Waals surface area contributed by atoms with Crippen molar-refractivity contribution in [2.45, 2.75) is 95.4 Å². The molecule has 0 saturated heterocycles. The van der Waals surface area contributed by atoms with Crippen molar-refractivity contribution in [3.05, 3.63) is 35.4 Å². The molecule has 3 saturated carbocycles. The van der Waals surface area contributed by atoms with Crippen LogP contribution in [-0.4, -0.2) is 34.6 Å². The molecule has 1 aliphatic heterocycles. The molecule has 3 fully saturated rings. The van der Waals surface area contributed by atoms with Gasteiger partial charge in [0.15, 0.2) is 11.5 Å². The molecular formula is C30H40O4. The molecule has 2 N–H and O–H groups in total. The second-order valence-electron chi connectivity index (χ2n) is 13.8. The highest BCUT2D eigenvalue weighted by Crippen LogP contribution is 2.78. The first kappa shape index (κ1) is 21.7. The Bertz CT molecular complexity index is 1090. The topological polar surface area (TPSA) is 58.9 Å². The summed E-state index contributed by atoms with van der Waals surface area (Å²) in [5.41, 5.74) is 0.399. The molecular weight excluding hydrogens is 424 g/mol. The minimum absolute atomic E-state index is 0.0678. The number of fused-ring (bicyclic) bond motifs is 1. The largest absolute Gasteiger partial charge is 0.504 e. The van der Waals surface area contributed by atoms with E-state index in [1.165, 1.54) is 36.8 Å². The Morgan fingerprint density at radius 1 is 1.12 bits per heavy atom. The standard InChI is InChI=1S/C30H40O4/c1-26(2,3)27(4,32)22-16-28-12-13-30(22,33-5)25-29(28)11-10-18(14-17-6-7-17)20(28)15-19-8-9-21(31)24(34-25)23(19)29/h8-9,12-13,17-18,20,22,25,31-32H,6-7,10-11,14-16H2,1-5H3/t18?,20-,22+,25+,27?,28+,29-,30+/m0/s1. The van der Waals surface area contributed by atoms with E-state index in [2.05, 4.69) is 39.0 Å². The second-order valence-corrected chi connectivity index (χ2v) is 13.8. The van der Waals surface area contributed by atoms with Crippen molar-refractivity contribution in [3.8, 4) is 11.5 Å². The van der Waals surface area contributed by atoms with Gasteiger partial charge in [0, 0.05) is 29.4 Å². The number of ether oxygens (including phenoxy) is 2. The molecule has 8 atom stereocenters. The van der Waals surface area contributed by atoms with E-state index in [4.69, 9.17) is 9.47 Å². The van der Waals surface area contributed by atoms with Crippen molar-refractivity contribution >= 4 is 0 Å². The van der Waals surface area contributed by atoms with Gasteiger partial charge in [-0.05, 0) is 73.8 Å². The van der Waals surface area contributed by atoms with Crippen LogP contribution in [-0.2, 0) is 16.6 Å². The van der Waals surface area contributed by atoms with Gasteiger partial charge in [0.2, 0.25) is 0 Å². The Kier molecular flexibility index (Phi) is 3.99. The summed E-state index contributed by atoms with van der Waals surface area (Å²) in [5, 5.41) is 23.1. The van der Waals surface area contributed by atoms with Crippen LogP contribution < -0.4 is 4.74 Å². The monoisotopic (exact) mass is 464 g/mol. The molecule has 1 aromatic carbocycles. The van der Waals surface area contributed by atoms with E-state index in [1.807, 2.05) is 13.0 Å². The first-order valence-electron chi connectivity index (χ1n) is 13.5. The summed E-state index contributed by atoms with van der Waals surface area (Å²) in [5.74, 6) is 3.01. The Labute approximate surface area is 203 Å². The highest BCUT2D eigenvalue weighted by molar-refractivity contribution is 5.64. The third-order valence-electron chi connectivity index (χ3n) is 11.8. The van der Waals surface area contributed by atoms with E-state index in [0.717, 1.165) is 25.2 Å². The van der Waals surface area contributed by atoms with Crippen LogP contribution in [0.15, 0.2) is 24.3 Å². The molecule has 2 spiro atoms. The summed E-state index contributed by atoms with van der Waals surface area (Å²) in [4.78, 5) is 0. The van der Waals surface area contributed by atoms with Crippen LogP contribution in [0.5, 0.6) is 11.5 Å². The number of hydrogen-bond acceptors (Lipinski definition) is 4. The number of benzene rings is 1. The summed E-state index contributed by atoms with van der Waals surface area (Å²) < 4.78 is 13.3. The van der Waals surface area contributed by atoms with Crippen LogP contribution in [0, 0.1) is 34.5 Å². The Morgan fingerprint density at radius 2 is 1.88 bits per heavy atom. The molecule has 6 aliphatic carbocycles. The zero-order valence-electron chi connectivity index (χ0n) is 21.4. The Morgan fingerprint density at radius 3 is 2.56 bits per heavy atom. The van der Waals surface area contributed by atoms with Gasteiger partial charge in [0.05, 0.1) is 5.60 Å². The molecule has 7 aliphatic rings. The van der Waals surface area contributed by atoms with Crippen LogP contribution >= 0.6 is 0 Å². The average Bonchev–Trinajstić information content (AvgIpc) is 3.53. The predicted molar refractivity (Wildman–Crippen MR) is 131 cm³/mol. The lowest BCUT2D eigenvalue weighted by Gasteiger charge is -2.73. The number of allylic oxidation sites excluding steroid dienone is 1. The lowest BCUT2D eigenvalue weighted by Crippen LogP contribution is -2.78. The lowest BCUT2D eigenvalue weighted by molar-refractivity contribution is -0.264. The summed E-state index contributed by atoms with van der Waals surface area (Å²) >= 11 is 0. The number of aromatic hydroxyl groups is 1. The number of aliphatic hydroxyl groups is 1. The molecule has 4 nitrogen and oxygen atoms in total. The van der Waals surface area contributed by atoms with Crippen LogP contribution in [0.25, 0.3) is 0 Å². The maximum atomic E-state index is 12.2. The minimum atomic E-state index is -0.941. The molecule has 2 unspecified atom stereocenters. The fourth-order valence-corrected chi connectivity index (χ4v) is 9.51. The highest BCUT2D eigenvalue weighted by Gasteiger charge is 2.80. The quantitative estimate of drug-likeness (QED) is 0.575. The first-order chi connectivity index (χ1) is 16.0. The van der Waals surface area contributed by atoms with E-state index in [-0.39, 0.29) is 34.0 Å². The van der Waals surface area contributed by atoms with Crippen molar-refractivity contribution in [1.82, 2.24) is 0 Å². The fraction of sp³-hybridized carbons (Fsp3) is 0.733. The summed E-state index contributed by atoms with van der Waals surface area (Å²) in [6.07, 6.45) is 13.0. The third kappa shape index (κ3) is 2.21. The number of rotatable bonds is 4. The van der Waals surface area contributed by atoms with E-state index in [1.54, 1.807) is 7.11 Å². The zero-order valence-corrected chi connectivity index (χ0v) is 21.4. The van der Waals surface area contributed by atoms with Gasteiger partial charge < -0.3 is 19.7 Å². The van der Waals surface area contributed by atoms with Crippen molar-refractivity contribution < 1.29 is 19.7 Å². The third-order valence-corrected chi connectivity index (χ3v) is 11.8. The minimum Gasteiger partial charge on any atom is -0.504 e. The molecule has 1 aromatic rings. The number of phenolic OH excluding ortho intramolecular Hbond substituents is 1. The Hall–Kier alpha value is -1.52. The molecule has 0 amide bonds. The fourth-order valence-electron chi connectivity index (χ4n) is 9.51. The maximum absolute atomic E-state index is 12.2. The maximum Gasteiger partial charge on any atom is 0.165 e. The van der Waals surface area contributed by atoms with E-state index >= 15 is 0 Å². The summed E-state index contributed by atoms with van der Waals surface area (Å²) in [6, 6.07) is 4.00. The average molecular weight is 465 g/mol. The van der Waals surface area contributed by atoms with Gasteiger partial charge in [-0.1, -0.05) is 51.8 Å². The van der Waals surface area contributed by atoms with Gasteiger partial charge in [-0.15, -0.1) is 0 Å². The van der Waals surface area contributed by atoms with E-state index in [9.17, 15) is 10.2 Å². The highest BCUT2D eigenvalue weighted by atomic mass is 16.6. The molecule has 8 rings (SSSR count). The molecule has 0 aromatic heterocycles. The first-order valence-corrected chi connectivity index (χ1v) is 13.5. The molecule has 1 heterocycles. The van der Waals surface area contributed by atoms with Gasteiger partial charge in [-0.3, -0.25) is 0 Å². The van der Waals surface area contributed by atoms with Gasteiger partial charge in [0.25, 0.3) is 0 Å². The van der Waals surface area contributed by atoms with Crippen molar-refractivity contribution in [1.29, 1.82) is 0 Å². The van der Waals surface area contributed by atoms with E-state index in [0.29, 0.717) is 17.6 Å².